The summed E-state index contributed by atoms with van der Waals surface area (Å²) in [7, 11) is 1.81. The van der Waals surface area contributed by atoms with E-state index in [1.807, 2.05) is 7.05 Å². The van der Waals surface area contributed by atoms with Crippen molar-refractivity contribution in [2.75, 3.05) is 6.61 Å². The standard InChI is InChI=1S/C9H12N2O3/c1-11-4-7(3-10-11)14-5-6-2-8(6)9(12)13/h3-4,6,8H,2,5H2,1H3,(H,12,13)/t6-,8+/m0/s1. The molecule has 2 atom stereocenters. The normalized spacial score (nSPS) is 24.6. The number of aliphatic carboxylic acids is 1. The second kappa shape index (κ2) is 3.32. The molecule has 0 unspecified atom stereocenters. The first-order valence-corrected chi connectivity index (χ1v) is 4.51. The second-order valence-electron chi connectivity index (χ2n) is 3.60. The van der Waals surface area contributed by atoms with Crippen LogP contribution in [0.4, 0.5) is 0 Å². The van der Waals surface area contributed by atoms with E-state index in [0.717, 1.165) is 6.42 Å². The maximum atomic E-state index is 10.5. The monoisotopic (exact) mass is 196 g/mol. The lowest BCUT2D eigenvalue weighted by molar-refractivity contribution is -0.138. The Morgan fingerprint density at radius 1 is 1.86 bits per heavy atom. The molecule has 1 aliphatic carbocycles. The molecule has 1 N–H and O–H groups in total. The Labute approximate surface area is 81.3 Å². The van der Waals surface area contributed by atoms with Crippen LogP contribution < -0.4 is 4.74 Å². The number of hydrogen-bond donors (Lipinski definition) is 1. The van der Waals surface area contributed by atoms with Crippen LogP contribution in [0.3, 0.4) is 0 Å². The van der Waals surface area contributed by atoms with Gasteiger partial charge in [-0.05, 0) is 6.42 Å². The minimum atomic E-state index is -0.718. The molecular weight excluding hydrogens is 184 g/mol. The van der Waals surface area contributed by atoms with Gasteiger partial charge >= 0.3 is 5.97 Å². The number of aromatic nitrogens is 2. The van der Waals surface area contributed by atoms with Crippen LogP contribution in [0.2, 0.25) is 0 Å². The van der Waals surface area contributed by atoms with Gasteiger partial charge in [-0.2, -0.15) is 5.10 Å². The van der Waals surface area contributed by atoms with Gasteiger partial charge in [-0.15, -0.1) is 0 Å². The average Bonchev–Trinajstić information content (AvgIpc) is 2.80. The highest BCUT2D eigenvalue weighted by molar-refractivity contribution is 5.73. The number of carboxylic acid groups (broad SMARTS) is 1. The minimum Gasteiger partial charge on any atom is -0.490 e. The highest BCUT2D eigenvalue weighted by Gasteiger charge is 2.43. The fourth-order valence-electron chi connectivity index (χ4n) is 1.41. The third-order valence-electron chi connectivity index (χ3n) is 2.39. The Morgan fingerprint density at radius 3 is 3.14 bits per heavy atom. The van der Waals surface area contributed by atoms with Crippen molar-refractivity contribution in [3.63, 3.8) is 0 Å². The molecule has 5 heteroatoms. The Bertz CT molecular complexity index is 348. The Kier molecular flexibility index (Phi) is 2.15. The molecule has 76 valence electrons. The molecule has 0 aromatic carbocycles. The first-order valence-electron chi connectivity index (χ1n) is 4.51. The van der Waals surface area contributed by atoms with E-state index in [1.54, 1.807) is 17.1 Å². The van der Waals surface area contributed by atoms with Crippen molar-refractivity contribution in [3.8, 4) is 5.75 Å². The predicted octanol–water partition coefficient (Wildman–Crippen LogP) is 0.520. The van der Waals surface area contributed by atoms with Crippen LogP contribution in [0.15, 0.2) is 12.4 Å². The molecule has 5 nitrogen and oxygen atoms in total. The van der Waals surface area contributed by atoms with Crippen LogP contribution in [-0.4, -0.2) is 27.5 Å². The zero-order valence-corrected chi connectivity index (χ0v) is 7.88. The summed E-state index contributed by atoms with van der Waals surface area (Å²) in [5.41, 5.74) is 0. The van der Waals surface area contributed by atoms with Crippen LogP contribution >= 0.6 is 0 Å². The molecule has 1 aliphatic rings. The maximum absolute atomic E-state index is 10.5. The van der Waals surface area contributed by atoms with Gasteiger partial charge in [0.2, 0.25) is 0 Å². The van der Waals surface area contributed by atoms with Crippen molar-refractivity contribution >= 4 is 5.97 Å². The van der Waals surface area contributed by atoms with E-state index in [0.29, 0.717) is 12.4 Å². The van der Waals surface area contributed by atoms with Gasteiger partial charge in [0.05, 0.1) is 24.9 Å². The molecule has 0 spiro atoms. The molecule has 1 aromatic heterocycles. The van der Waals surface area contributed by atoms with Crippen molar-refractivity contribution in [2.24, 2.45) is 18.9 Å². The summed E-state index contributed by atoms with van der Waals surface area (Å²) in [5.74, 6) is -0.0484. The summed E-state index contributed by atoms with van der Waals surface area (Å²) in [5, 5.41) is 12.6. The Hall–Kier alpha value is -1.52. The predicted molar refractivity (Wildman–Crippen MR) is 47.9 cm³/mol. The van der Waals surface area contributed by atoms with Crippen molar-refractivity contribution in [3.05, 3.63) is 12.4 Å². The molecule has 0 amide bonds. The SMILES string of the molecule is Cn1cc(OC[C@@H]2C[C@H]2C(=O)O)cn1. The molecule has 1 fully saturated rings. The summed E-state index contributed by atoms with van der Waals surface area (Å²) < 4.78 is 7.03. The Morgan fingerprint density at radius 2 is 2.64 bits per heavy atom. The molecule has 2 rings (SSSR count). The second-order valence-corrected chi connectivity index (χ2v) is 3.60. The van der Waals surface area contributed by atoms with Gasteiger partial charge < -0.3 is 9.84 Å². The fraction of sp³-hybridized carbons (Fsp3) is 0.556. The van der Waals surface area contributed by atoms with Crippen LogP contribution in [0.25, 0.3) is 0 Å². The molecule has 14 heavy (non-hydrogen) atoms. The van der Waals surface area contributed by atoms with Crippen LogP contribution in [-0.2, 0) is 11.8 Å². The van der Waals surface area contributed by atoms with Gasteiger partial charge in [-0.1, -0.05) is 0 Å². The van der Waals surface area contributed by atoms with E-state index in [2.05, 4.69) is 5.10 Å². The van der Waals surface area contributed by atoms with Crippen molar-refractivity contribution in [1.82, 2.24) is 9.78 Å². The van der Waals surface area contributed by atoms with E-state index < -0.39 is 5.97 Å². The quantitative estimate of drug-likeness (QED) is 0.762. The van der Waals surface area contributed by atoms with Gasteiger partial charge in [-0.25, -0.2) is 0 Å². The number of ether oxygens (including phenoxy) is 1. The molecule has 0 saturated heterocycles. The number of aryl methyl sites for hydroxylation is 1. The van der Waals surface area contributed by atoms with E-state index in [9.17, 15) is 4.79 Å². The lowest BCUT2D eigenvalue weighted by atomic mass is 10.3. The van der Waals surface area contributed by atoms with E-state index >= 15 is 0 Å². The summed E-state index contributed by atoms with van der Waals surface area (Å²) in [6, 6.07) is 0. The van der Waals surface area contributed by atoms with Gasteiger partial charge in [0, 0.05) is 13.0 Å². The summed E-state index contributed by atoms with van der Waals surface area (Å²) in [6.07, 6.45) is 4.12. The van der Waals surface area contributed by atoms with Gasteiger partial charge in [0.15, 0.2) is 5.75 Å². The van der Waals surface area contributed by atoms with Crippen LogP contribution in [0.5, 0.6) is 5.75 Å². The molecule has 1 aromatic rings. The molecular formula is C9H12N2O3. The maximum Gasteiger partial charge on any atom is 0.306 e. The van der Waals surface area contributed by atoms with Crippen molar-refractivity contribution in [2.45, 2.75) is 6.42 Å². The first-order chi connectivity index (χ1) is 6.66. The van der Waals surface area contributed by atoms with Crippen LogP contribution in [0, 0.1) is 11.8 Å². The molecule has 0 aliphatic heterocycles. The highest BCUT2D eigenvalue weighted by Crippen LogP contribution is 2.38. The number of carbonyl (C=O) groups is 1. The number of carboxylic acids is 1. The van der Waals surface area contributed by atoms with E-state index in [-0.39, 0.29) is 11.8 Å². The first kappa shape index (κ1) is 9.05. The fourth-order valence-corrected chi connectivity index (χ4v) is 1.41. The number of hydrogen-bond acceptors (Lipinski definition) is 3. The van der Waals surface area contributed by atoms with Gasteiger partial charge in [0.1, 0.15) is 0 Å². The molecule has 1 heterocycles. The van der Waals surface area contributed by atoms with Crippen molar-refractivity contribution in [1.29, 1.82) is 0 Å². The minimum absolute atomic E-state index is 0.174. The van der Waals surface area contributed by atoms with Gasteiger partial charge in [0.25, 0.3) is 0 Å². The van der Waals surface area contributed by atoms with E-state index in [1.165, 1.54) is 0 Å². The van der Waals surface area contributed by atoms with Crippen LogP contribution in [0.1, 0.15) is 6.42 Å². The topological polar surface area (TPSA) is 64.3 Å². The molecule has 0 radical (unpaired) electrons. The summed E-state index contributed by atoms with van der Waals surface area (Å²) >= 11 is 0. The summed E-state index contributed by atoms with van der Waals surface area (Å²) in [6.45, 7) is 0.475. The van der Waals surface area contributed by atoms with E-state index in [4.69, 9.17) is 9.84 Å². The lowest BCUT2D eigenvalue weighted by Crippen LogP contribution is -2.05. The highest BCUT2D eigenvalue weighted by atomic mass is 16.5. The number of rotatable bonds is 4. The number of nitrogens with zero attached hydrogens (tertiary/aromatic N) is 2. The third-order valence-corrected chi connectivity index (χ3v) is 2.39. The molecule has 1 saturated carbocycles. The smallest absolute Gasteiger partial charge is 0.306 e. The zero-order valence-electron chi connectivity index (χ0n) is 7.88. The third kappa shape index (κ3) is 1.86. The zero-order chi connectivity index (χ0) is 10.1. The molecule has 0 bridgehead atoms. The average molecular weight is 196 g/mol. The summed E-state index contributed by atoms with van der Waals surface area (Å²) in [4.78, 5) is 10.5. The Balaban J connectivity index is 1.77. The largest absolute Gasteiger partial charge is 0.490 e. The van der Waals surface area contributed by atoms with Gasteiger partial charge in [-0.3, -0.25) is 9.48 Å². The lowest BCUT2D eigenvalue weighted by Gasteiger charge is -2.00. The van der Waals surface area contributed by atoms with Crippen molar-refractivity contribution < 1.29 is 14.6 Å².